The van der Waals surface area contributed by atoms with Gasteiger partial charge >= 0.3 is 6.18 Å². The quantitative estimate of drug-likeness (QED) is 0.372. The van der Waals surface area contributed by atoms with Crippen molar-refractivity contribution >= 4 is 23.3 Å². The van der Waals surface area contributed by atoms with Crippen LogP contribution in [-0.2, 0) is 15.7 Å². The van der Waals surface area contributed by atoms with Crippen molar-refractivity contribution in [1.29, 1.82) is 0 Å². The van der Waals surface area contributed by atoms with Crippen molar-refractivity contribution in [1.82, 2.24) is 20.2 Å². The number of morpholine rings is 1. The van der Waals surface area contributed by atoms with Crippen LogP contribution in [0.5, 0.6) is 5.88 Å². The topological polar surface area (TPSA) is 118 Å². The molecule has 8 rings (SSSR count). The van der Waals surface area contributed by atoms with E-state index >= 15 is 0 Å². The SMILES string of the molecule is COc1nc(C)nc(NC23CC(N4CCOCC4)(C2)C3)c1C(=O)N[C@@H]1[C@H]2CC[C@H](C2)[C@@H]1C(=O)Nc1ccc(F)c(C(F)(F)F)c1. The van der Waals surface area contributed by atoms with Crippen LogP contribution in [0.4, 0.5) is 29.1 Å². The molecule has 1 aliphatic heterocycles. The zero-order valence-electron chi connectivity index (χ0n) is 25.1. The Kier molecular flexibility index (Phi) is 7.23. The van der Waals surface area contributed by atoms with Gasteiger partial charge in [-0.15, -0.1) is 0 Å². The number of benzene rings is 1. The molecule has 1 aromatic carbocycles. The van der Waals surface area contributed by atoms with Gasteiger partial charge in [0, 0.05) is 35.9 Å². The molecule has 5 saturated carbocycles. The van der Waals surface area contributed by atoms with Crippen molar-refractivity contribution in [3.05, 3.63) is 41.0 Å². The molecule has 2 amide bonds. The third-order valence-electron chi connectivity index (χ3n) is 10.5. The number of ether oxygens (including phenoxy) is 2. The number of anilines is 2. The van der Waals surface area contributed by atoms with Crippen molar-refractivity contribution in [2.24, 2.45) is 17.8 Å². The molecule has 6 aliphatic rings. The van der Waals surface area contributed by atoms with Crippen molar-refractivity contribution in [3.8, 4) is 5.88 Å². The van der Waals surface area contributed by atoms with Gasteiger partial charge in [0.25, 0.3) is 5.91 Å². The molecule has 242 valence electrons. The molecule has 3 N–H and O–H groups in total. The lowest BCUT2D eigenvalue weighted by atomic mass is 9.43. The second kappa shape index (κ2) is 10.8. The second-order valence-corrected chi connectivity index (χ2v) is 13.3. The molecule has 4 atom stereocenters. The summed E-state index contributed by atoms with van der Waals surface area (Å²) in [6.07, 6.45) is 0.176. The molecule has 4 bridgehead atoms. The minimum absolute atomic E-state index is 0.0217. The van der Waals surface area contributed by atoms with Gasteiger partial charge in [0.1, 0.15) is 23.0 Å². The van der Waals surface area contributed by atoms with Crippen LogP contribution >= 0.6 is 0 Å². The van der Waals surface area contributed by atoms with Crippen LogP contribution < -0.4 is 20.7 Å². The van der Waals surface area contributed by atoms with Crippen molar-refractivity contribution in [2.75, 3.05) is 44.0 Å². The average Bonchev–Trinajstić information content (AvgIpc) is 3.56. The van der Waals surface area contributed by atoms with E-state index in [1.165, 1.54) is 7.11 Å². The molecular weight excluding hydrogens is 596 g/mol. The highest BCUT2D eigenvalue weighted by Gasteiger charge is 2.70. The predicted octanol–water partition coefficient (Wildman–Crippen LogP) is 4.15. The molecule has 0 radical (unpaired) electrons. The van der Waals surface area contributed by atoms with Gasteiger partial charge in [0.2, 0.25) is 11.8 Å². The Morgan fingerprint density at radius 3 is 2.49 bits per heavy atom. The van der Waals surface area contributed by atoms with E-state index in [9.17, 15) is 27.2 Å². The molecule has 6 fully saturated rings. The van der Waals surface area contributed by atoms with Gasteiger partial charge in [0.15, 0.2) is 0 Å². The highest BCUT2D eigenvalue weighted by molar-refractivity contribution is 6.02. The first-order chi connectivity index (χ1) is 21.4. The number of carbonyl (C=O) groups excluding carboxylic acids is 2. The fraction of sp³-hybridized carbons (Fsp3) is 0.613. The summed E-state index contributed by atoms with van der Waals surface area (Å²) in [5, 5.41) is 9.14. The van der Waals surface area contributed by atoms with Crippen LogP contribution in [0.15, 0.2) is 18.2 Å². The van der Waals surface area contributed by atoms with Crippen molar-refractivity contribution in [3.63, 3.8) is 0 Å². The predicted molar refractivity (Wildman–Crippen MR) is 154 cm³/mol. The van der Waals surface area contributed by atoms with E-state index in [2.05, 4.69) is 30.8 Å². The van der Waals surface area contributed by atoms with Crippen LogP contribution in [0.25, 0.3) is 0 Å². The molecule has 45 heavy (non-hydrogen) atoms. The molecule has 5 aliphatic carbocycles. The Morgan fingerprint density at radius 2 is 1.80 bits per heavy atom. The highest BCUT2D eigenvalue weighted by atomic mass is 19.4. The number of fused-ring (bicyclic) bond motifs is 2. The fourth-order valence-corrected chi connectivity index (χ4v) is 8.63. The molecule has 2 heterocycles. The summed E-state index contributed by atoms with van der Waals surface area (Å²) in [5.74, 6) is -2.18. The van der Waals surface area contributed by atoms with Gasteiger partial charge in [-0.1, -0.05) is 0 Å². The first kappa shape index (κ1) is 30.2. The van der Waals surface area contributed by atoms with Gasteiger partial charge < -0.3 is 25.4 Å². The maximum Gasteiger partial charge on any atom is 0.419 e. The number of amides is 2. The number of methoxy groups -OCH3 is 1. The Balaban J connectivity index is 1.09. The van der Waals surface area contributed by atoms with E-state index in [1.807, 2.05) is 0 Å². The van der Waals surface area contributed by atoms with E-state index in [4.69, 9.17) is 9.47 Å². The maximum absolute atomic E-state index is 14.0. The summed E-state index contributed by atoms with van der Waals surface area (Å²) < 4.78 is 64.7. The number of nitrogens with one attached hydrogen (secondary N) is 3. The lowest BCUT2D eigenvalue weighted by Gasteiger charge is -2.74. The van der Waals surface area contributed by atoms with E-state index in [0.717, 1.165) is 64.5 Å². The number of hydrogen-bond donors (Lipinski definition) is 3. The highest BCUT2D eigenvalue weighted by Crippen LogP contribution is 2.65. The minimum Gasteiger partial charge on any atom is -0.480 e. The lowest BCUT2D eigenvalue weighted by Crippen LogP contribution is -2.82. The van der Waals surface area contributed by atoms with E-state index in [1.54, 1.807) is 6.92 Å². The Labute approximate surface area is 257 Å². The van der Waals surface area contributed by atoms with Gasteiger partial charge in [-0.2, -0.15) is 18.2 Å². The van der Waals surface area contributed by atoms with Gasteiger partial charge in [-0.25, -0.2) is 9.37 Å². The molecule has 1 aromatic heterocycles. The largest absolute Gasteiger partial charge is 0.480 e. The van der Waals surface area contributed by atoms with Crippen LogP contribution in [0.3, 0.4) is 0 Å². The first-order valence-electron chi connectivity index (χ1n) is 15.4. The van der Waals surface area contributed by atoms with Gasteiger partial charge in [-0.05, 0) is 75.5 Å². The van der Waals surface area contributed by atoms with E-state index in [-0.39, 0.29) is 40.0 Å². The molecule has 1 saturated heterocycles. The summed E-state index contributed by atoms with van der Waals surface area (Å²) in [6.45, 7) is 5.01. The maximum atomic E-state index is 14.0. The van der Waals surface area contributed by atoms with Crippen LogP contribution in [-0.4, -0.2) is 77.2 Å². The monoisotopic (exact) mass is 632 g/mol. The summed E-state index contributed by atoms with van der Waals surface area (Å²) in [6, 6.07) is 1.82. The molecule has 0 unspecified atom stereocenters. The number of carbonyl (C=O) groups is 2. The summed E-state index contributed by atoms with van der Waals surface area (Å²) in [5.41, 5.74) is -1.48. The zero-order chi connectivity index (χ0) is 31.7. The number of hydrogen-bond acceptors (Lipinski definition) is 8. The molecule has 0 spiro atoms. The summed E-state index contributed by atoms with van der Waals surface area (Å²) in [7, 11) is 1.43. The fourth-order valence-electron chi connectivity index (χ4n) is 8.63. The van der Waals surface area contributed by atoms with Crippen LogP contribution in [0.2, 0.25) is 0 Å². The van der Waals surface area contributed by atoms with E-state index < -0.39 is 41.3 Å². The zero-order valence-corrected chi connectivity index (χ0v) is 25.1. The van der Waals surface area contributed by atoms with Gasteiger partial charge in [-0.3, -0.25) is 14.5 Å². The van der Waals surface area contributed by atoms with Gasteiger partial charge in [0.05, 0.1) is 31.8 Å². The Bertz CT molecular complexity index is 1510. The molecular formula is C31H36F4N6O4. The third kappa shape index (κ3) is 5.19. The third-order valence-corrected chi connectivity index (χ3v) is 10.5. The number of alkyl halides is 3. The van der Waals surface area contributed by atoms with Crippen LogP contribution in [0, 0.1) is 30.5 Å². The smallest absolute Gasteiger partial charge is 0.419 e. The number of aryl methyl sites for hydroxylation is 1. The van der Waals surface area contributed by atoms with E-state index in [0.29, 0.717) is 30.2 Å². The summed E-state index contributed by atoms with van der Waals surface area (Å²) in [4.78, 5) is 38.9. The standard InChI is InChI=1S/C31H36F4N6O4/c1-16-36-25(40-29-13-30(14-29,15-29)41-7-9-45-10-8-41)23(28(37-16)44-2)27(43)39-24-18-4-3-17(11-18)22(24)26(42)38-19-5-6-21(32)20(12-19)31(33,34)35/h5-6,12,17-18,22,24H,3-4,7-11,13-15H2,1-2H3,(H,38,42)(H,39,43)(H,36,37,40)/t17-,18+,22+,24-,29?,30?/m1/s1. The second-order valence-electron chi connectivity index (χ2n) is 13.3. The van der Waals surface area contributed by atoms with Crippen LogP contribution in [0.1, 0.15) is 60.3 Å². The number of rotatable bonds is 8. The first-order valence-corrected chi connectivity index (χ1v) is 15.4. The molecule has 10 nitrogen and oxygen atoms in total. The number of aromatic nitrogens is 2. The summed E-state index contributed by atoms with van der Waals surface area (Å²) >= 11 is 0. The normalized spacial score (nSPS) is 32.0. The van der Waals surface area contributed by atoms with Crippen molar-refractivity contribution < 1.29 is 36.6 Å². The minimum atomic E-state index is -4.91. The number of halogens is 4. The number of nitrogens with zero attached hydrogens (tertiary/aromatic N) is 3. The average molecular weight is 633 g/mol. The Hall–Kier alpha value is -3.52. The molecule has 14 heteroatoms. The lowest BCUT2D eigenvalue weighted by molar-refractivity contribution is -0.172. The van der Waals surface area contributed by atoms with Crippen molar-refractivity contribution in [2.45, 2.75) is 68.7 Å². The molecule has 2 aromatic rings. The Morgan fingerprint density at radius 1 is 1.09 bits per heavy atom.